The summed E-state index contributed by atoms with van der Waals surface area (Å²) in [5.74, 6) is 0. The fourth-order valence-corrected chi connectivity index (χ4v) is 1.89. The summed E-state index contributed by atoms with van der Waals surface area (Å²) in [6, 6.07) is 9.09. The van der Waals surface area contributed by atoms with E-state index >= 15 is 0 Å². The molecule has 0 bridgehead atoms. The maximum Gasteiger partial charge on any atom is 0.332 e. The van der Waals surface area contributed by atoms with Gasteiger partial charge in [0.1, 0.15) is 0 Å². The van der Waals surface area contributed by atoms with Crippen LogP contribution in [0.25, 0.3) is 10.8 Å². The predicted molar refractivity (Wildman–Crippen MR) is 56.7 cm³/mol. The molecule has 0 aromatic heterocycles. The lowest BCUT2D eigenvalue weighted by atomic mass is 10.1. The van der Waals surface area contributed by atoms with Crippen molar-refractivity contribution in [2.45, 2.75) is 4.90 Å². The normalized spacial score (nSPS) is 11.8. The van der Waals surface area contributed by atoms with Crippen molar-refractivity contribution in [3.63, 3.8) is 0 Å². The summed E-state index contributed by atoms with van der Waals surface area (Å²) in [5.41, 5.74) is 6.05. The quantitative estimate of drug-likeness (QED) is 0.597. The molecule has 0 fully saturated rings. The third-order valence-corrected chi connectivity index (χ3v) is 2.93. The van der Waals surface area contributed by atoms with Crippen LogP contribution in [0.15, 0.2) is 41.3 Å². The van der Waals surface area contributed by atoms with Crippen LogP contribution in [0.3, 0.4) is 0 Å². The third kappa shape index (κ3) is 1.92. The minimum atomic E-state index is -4.65. The SMILES string of the molecule is Nc1ccc2ccc(S(=O)(=O)F)cc2c1. The van der Waals surface area contributed by atoms with Gasteiger partial charge in [0.2, 0.25) is 0 Å². The van der Waals surface area contributed by atoms with Crippen LogP contribution in [0.1, 0.15) is 0 Å². The molecule has 0 saturated carbocycles. The molecule has 2 rings (SSSR count). The Bertz CT molecular complexity index is 622. The lowest BCUT2D eigenvalue weighted by Crippen LogP contribution is -1.91. The Morgan fingerprint density at radius 2 is 1.67 bits per heavy atom. The predicted octanol–water partition coefficient (Wildman–Crippen LogP) is 2.08. The van der Waals surface area contributed by atoms with Gasteiger partial charge in [-0.1, -0.05) is 12.1 Å². The van der Waals surface area contributed by atoms with E-state index in [-0.39, 0.29) is 4.90 Å². The van der Waals surface area contributed by atoms with Gasteiger partial charge in [-0.05, 0) is 35.0 Å². The topological polar surface area (TPSA) is 60.2 Å². The van der Waals surface area contributed by atoms with E-state index in [4.69, 9.17) is 5.73 Å². The van der Waals surface area contributed by atoms with Crippen LogP contribution in [0.2, 0.25) is 0 Å². The minimum absolute atomic E-state index is 0.347. The Kier molecular flexibility index (Phi) is 2.12. The fourth-order valence-electron chi connectivity index (χ4n) is 1.39. The molecule has 0 unspecified atom stereocenters. The molecule has 0 amide bonds. The van der Waals surface area contributed by atoms with Gasteiger partial charge >= 0.3 is 10.2 Å². The summed E-state index contributed by atoms with van der Waals surface area (Å²) in [7, 11) is -4.65. The number of hydrogen-bond donors (Lipinski definition) is 1. The molecule has 0 aliphatic carbocycles. The van der Waals surface area contributed by atoms with E-state index < -0.39 is 10.2 Å². The number of nitrogen functional groups attached to an aromatic ring is 1. The van der Waals surface area contributed by atoms with Gasteiger partial charge < -0.3 is 5.73 Å². The summed E-state index contributed by atoms with van der Waals surface area (Å²) >= 11 is 0. The van der Waals surface area contributed by atoms with Gasteiger partial charge in [0.15, 0.2) is 0 Å². The molecule has 0 aliphatic rings. The Balaban J connectivity index is 2.75. The Hall–Kier alpha value is -1.62. The first kappa shape index (κ1) is 9.92. The monoisotopic (exact) mass is 225 g/mol. The highest BCUT2D eigenvalue weighted by Gasteiger charge is 2.11. The number of anilines is 1. The second-order valence-electron chi connectivity index (χ2n) is 3.21. The molecule has 2 N–H and O–H groups in total. The molecule has 5 heteroatoms. The van der Waals surface area contributed by atoms with Crippen molar-refractivity contribution < 1.29 is 12.3 Å². The van der Waals surface area contributed by atoms with E-state index in [0.717, 1.165) is 5.39 Å². The average molecular weight is 225 g/mol. The molecular weight excluding hydrogens is 217 g/mol. The highest BCUT2D eigenvalue weighted by molar-refractivity contribution is 7.86. The summed E-state index contributed by atoms with van der Waals surface area (Å²) in [6.07, 6.45) is 0. The standard InChI is InChI=1S/C10H8FNO2S/c11-15(13,14)10-4-2-7-1-3-9(12)5-8(7)6-10/h1-6H,12H2. The van der Waals surface area contributed by atoms with Crippen molar-refractivity contribution in [2.75, 3.05) is 5.73 Å². The van der Waals surface area contributed by atoms with Gasteiger partial charge in [0.05, 0.1) is 4.90 Å². The van der Waals surface area contributed by atoms with E-state index in [2.05, 4.69) is 0 Å². The van der Waals surface area contributed by atoms with Gasteiger partial charge in [-0.3, -0.25) is 0 Å². The van der Waals surface area contributed by atoms with E-state index in [9.17, 15) is 12.3 Å². The molecule has 0 aliphatic heterocycles. The first-order valence-electron chi connectivity index (χ1n) is 4.21. The minimum Gasteiger partial charge on any atom is -0.399 e. The highest BCUT2D eigenvalue weighted by atomic mass is 32.3. The number of rotatable bonds is 1. The Morgan fingerprint density at radius 1 is 1.00 bits per heavy atom. The van der Waals surface area contributed by atoms with Crippen LogP contribution in [0.5, 0.6) is 0 Å². The number of benzene rings is 2. The Morgan fingerprint density at radius 3 is 2.33 bits per heavy atom. The molecule has 78 valence electrons. The van der Waals surface area contributed by atoms with Crippen LogP contribution >= 0.6 is 0 Å². The highest BCUT2D eigenvalue weighted by Crippen LogP contribution is 2.22. The maximum atomic E-state index is 12.7. The molecule has 15 heavy (non-hydrogen) atoms. The molecule has 2 aromatic rings. The van der Waals surface area contributed by atoms with E-state index in [1.165, 1.54) is 12.1 Å². The second kappa shape index (κ2) is 3.20. The van der Waals surface area contributed by atoms with Crippen LogP contribution < -0.4 is 5.73 Å². The van der Waals surface area contributed by atoms with Crippen LogP contribution in [0.4, 0.5) is 9.57 Å². The van der Waals surface area contributed by atoms with Gasteiger partial charge in [-0.15, -0.1) is 3.89 Å². The number of nitrogens with two attached hydrogens (primary N) is 1. The van der Waals surface area contributed by atoms with Gasteiger partial charge in [-0.25, -0.2) is 0 Å². The molecule has 0 saturated heterocycles. The van der Waals surface area contributed by atoms with Crippen molar-refractivity contribution in [1.82, 2.24) is 0 Å². The zero-order chi connectivity index (χ0) is 11.1. The fraction of sp³-hybridized carbons (Fsp3) is 0. The van der Waals surface area contributed by atoms with Crippen molar-refractivity contribution in [2.24, 2.45) is 0 Å². The van der Waals surface area contributed by atoms with Crippen molar-refractivity contribution in [1.29, 1.82) is 0 Å². The second-order valence-corrected chi connectivity index (χ2v) is 4.55. The van der Waals surface area contributed by atoms with Gasteiger partial charge in [-0.2, -0.15) is 8.42 Å². The first-order valence-corrected chi connectivity index (χ1v) is 5.59. The van der Waals surface area contributed by atoms with Crippen LogP contribution in [-0.4, -0.2) is 8.42 Å². The molecule has 0 spiro atoms. The van der Waals surface area contributed by atoms with Crippen molar-refractivity contribution in [3.05, 3.63) is 36.4 Å². The van der Waals surface area contributed by atoms with Crippen molar-refractivity contribution >= 4 is 26.7 Å². The lowest BCUT2D eigenvalue weighted by Gasteiger charge is -2.01. The van der Waals surface area contributed by atoms with Gasteiger partial charge in [0, 0.05) is 5.69 Å². The lowest BCUT2D eigenvalue weighted by molar-refractivity contribution is 0.552. The third-order valence-electron chi connectivity index (χ3n) is 2.12. The Labute approximate surface area is 86.5 Å². The molecule has 0 atom stereocenters. The van der Waals surface area contributed by atoms with Crippen molar-refractivity contribution in [3.8, 4) is 0 Å². The van der Waals surface area contributed by atoms with Crippen LogP contribution in [-0.2, 0) is 10.2 Å². The number of fused-ring (bicyclic) bond motifs is 1. The summed E-state index contributed by atoms with van der Waals surface area (Å²) in [6.45, 7) is 0. The van der Waals surface area contributed by atoms with E-state index in [1.54, 1.807) is 24.3 Å². The molecule has 3 nitrogen and oxygen atoms in total. The molecule has 0 heterocycles. The zero-order valence-corrected chi connectivity index (χ0v) is 8.46. The summed E-state index contributed by atoms with van der Waals surface area (Å²) in [4.78, 5) is -0.347. The largest absolute Gasteiger partial charge is 0.399 e. The summed E-state index contributed by atoms with van der Waals surface area (Å²) < 4.78 is 34.0. The molecule has 0 radical (unpaired) electrons. The molecule has 2 aromatic carbocycles. The molecular formula is C10H8FNO2S. The smallest absolute Gasteiger partial charge is 0.332 e. The van der Waals surface area contributed by atoms with Crippen LogP contribution in [0, 0.1) is 0 Å². The van der Waals surface area contributed by atoms with Gasteiger partial charge in [0.25, 0.3) is 0 Å². The van der Waals surface area contributed by atoms with E-state index in [1.807, 2.05) is 0 Å². The summed E-state index contributed by atoms with van der Waals surface area (Å²) in [5, 5.41) is 1.42. The average Bonchev–Trinajstić information content (AvgIpc) is 2.15. The maximum absolute atomic E-state index is 12.7. The first-order chi connectivity index (χ1) is 6.97. The number of hydrogen-bond acceptors (Lipinski definition) is 3. The number of halogens is 1. The van der Waals surface area contributed by atoms with E-state index in [0.29, 0.717) is 11.1 Å². The zero-order valence-electron chi connectivity index (χ0n) is 7.64.